The topological polar surface area (TPSA) is 43.4 Å². The summed E-state index contributed by atoms with van der Waals surface area (Å²) in [7, 11) is 0. The molecule has 3 heteroatoms. The Balaban J connectivity index is 0.000000360. The zero-order valence-corrected chi connectivity index (χ0v) is 4.57. The molecule has 40 valence electrons. The van der Waals surface area contributed by atoms with Gasteiger partial charge in [0.15, 0.2) is 5.82 Å². The fourth-order valence-corrected chi connectivity index (χ4v) is 0.368. The van der Waals surface area contributed by atoms with Gasteiger partial charge in [0, 0.05) is 12.3 Å². The minimum atomic E-state index is 0. The van der Waals surface area contributed by atoms with E-state index in [4.69, 9.17) is 0 Å². The lowest BCUT2D eigenvalue weighted by Crippen LogP contribution is -3.00. The Hall–Kier alpha value is -0.470. The van der Waals surface area contributed by atoms with E-state index < -0.39 is 0 Å². The Kier molecular flexibility index (Phi) is 2.48. The summed E-state index contributed by atoms with van der Waals surface area (Å²) in [5.74, 6) is 0.968. The van der Waals surface area contributed by atoms with Crippen LogP contribution in [0.2, 0.25) is 0 Å². The Labute approximate surface area is 48.1 Å². The normalized spacial score (nSPS) is 7.57. The van der Waals surface area contributed by atoms with Crippen molar-refractivity contribution in [2.75, 3.05) is 0 Å². The van der Waals surface area contributed by atoms with Crippen molar-refractivity contribution in [3.63, 3.8) is 0 Å². The molecule has 0 spiro atoms. The largest absolute Gasteiger partial charge is 1.00 e. The summed E-state index contributed by atoms with van der Waals surface area (Å²) in [5, 5.41) is 0. The lowest BCUT2D eigenvalue weighted by Gasteiger charge is -1.66. The second-order valence-electron chi connectivity index (χ2n) is 1.20. The van der Waals surface area contributed by atoms with Crippen LogP contribution in [0.3, 0.4) is 0 Å². The van der Waals surface area contributed by atoms with Crippen LogP contribution in [0.25, 0.3) is 0 Å². The zero-order chi connectivity index (χ0) is 4.41. The van der Waals surface area contributed by atoms with Gasteiger partial charge in [0.05, 0.1) is 0 Å². The molecular weight excluding hydrogens is 112 g/mol. The van der Waals surface area contributed by atoms with Crippen molar-refractivity contribution in [1.29, 1.82) is 0 Å². The Bertz CT molecular complexity index is 113. The van der Waals surface area contributed by atoms with Crippen LogP contribution >= 0.6 is 0 Å². The molecule has 0 radical (unpaired) electrons. The molecule has 1 aromatic rings. The molecule has 1 rings (SSSR count). The van der Waals surface area contributed by atoms with E-state index in [1.165, 1.54) is 0 Å². The molecule has 1 heterocycles. The van der Waals surface area contributed by atoms with Gasteiger partial charge in [-0.2, -0.15) is 0 Å². The van der Waals surface area contributed by atoms with E-state index in [0.29, 0.717) is 0 Å². The van der Waals surface area contributed by atoms with E-state index in [1.54, 1.807) is 0 Å². The van der Waals surface area contributed by atoms with E-state index >= 15 is 0 Å². The Morgan fingerprint density at radius 1 is 1.57 bits per heavy atom. The first-order valence-corrected chi connectivity index (χ1v) is 1.85. The van der Waals surface area contributed by atoms with Crippen molar-refractivity contribution in [3.8, 4) is 0 Å². The van der Waals surface area contributed by atoms with Gasteiger partial charge in [-0.15, -0.1) is 0 Å². The maximum atomic E-state index is 3.62. The monoisotopic (exact) mass is 118 g/mol. The number of nitrogens with one attached hydrogen (secondary N) is 1. The van der Waals surface area contributed by atoms with Crippen molar-refractivity contribution in [1.82, 2.24) is 4.98 Å². The molecule has 7 heavy (non-hydrogen) atoms. The van der Waals surface area contributed by atoms with Gasteiger partial charge >= 0.3 is 0 Å². The standard InChI is InChI=1S/C4H6N2.ClH/c5-4-2-1-3-6-4;/h1-3,6H,5H2;1H. The fourth-order valence-electron chi connectivity index (χ4n) is 0.368. The van der Waals surface area contributed by atoms with E-state index in [9.17, 15) is 0 Å². The second kappa shape index (κ2) is 2.66. The van der Waals surface area contributed by atoms with Crippen LogP contribution in [-0.2, 0) is 0 Å². The summed E-state index contributed by atoms with van der Waals surface area (Å²) in [6, 6.07) is 3.84. The number of H-pyrrole nitrogens is 1. The zero-order valence-electron chi connectivity index (χ0n) is 3.82. The van der Waals surface area contributed by atoms with Gasteiger partial charge in [-0.1, -0.05) is 0 Å². The highest BCUT2D eigenvalue weighted by atomic mass is 35.5. The maximum Gasteiger partial charge on any atom is 0.200 e. The quantitative estimate of drug-likeness (QED) is 0.363. The molecule has 1 aromatic heterocycles. The van der Waals surface area contributed by atoms with Crippen LogP contribution in [0.1, 0.15) is 0 Å². The van der Waals surface area contributed by atoms with Crippen LogP contribution in [0.5, 0.6) is 0 Å². The van der Waals surface area contributed by atoms with Crippen molar-refractivity contribution in [3.05, 3.63) is 18.3 Å². The number of halogens is 1. The van der Waals surface area contributed by atoms with Crippen LogP contribution in [0, 0.1) is 0 Å². The highest BCUT2D eigenvalue weighted by molar-refractivity contribution is 5.14. The molecule has 0 atom stereocenters. The van der Waals surface area contributed by atoms with Gasteiger partial charge in [0.2, 0.25) is 0 Å². The second-order valence-corrected chi connectivity index (χ2v) is 1.20. The van der Waals surface area contributed by atoms with Gasteiger partial charge in [-0.05, 0) is 6.07 Å². The molecule has 0 aromatic carbocycles. The lowest BCUT2D eigenvalue weighted by atomic mass is 10.6. The highest BCUT2D eigenvalue weighted by Crippen LogP contribution is 1.87. The lowest BCUT2D eigenvalue weighted by molar-refractivity contribution is -0.260. The molecule has 2 nitrogen and oxygen atoms in total. The predicted molar refractivity (Wildman–Crippen MR) is 23.3 cm³/mol. The van der Waals surface area contributed by atoms with E-state index in [0.717, 1.165) is 5.82 Å². The summed E-state index contributed by atoms with van der Waals surface area (Å²) >= 11 is 0. The van der Waals surface area contributed by atoms with Gasteiger partial charge in [-0.3, -0.25) is 0 Å². The third-order valence-corrected chi connectivity index (χ3v) is 0.662. The average Bonchev–Trinajstić information content (AvgIpc) is 1.86. The summed E-state index contributed by atoms with van der Waals surface area (Å²) in [6.07, 6.45) is 1.85. The molecule has 0 bridgehead atoms. The van der Waals surface area contributed by atoms with Crippen molar-refractivity contribution >= 4 is 5.82 Å². The summed E-state index contributed by atoms with van der Waals surface area (Å²) in [5.41, 5.74) is 3.62. The predicted octanol–water partition coefficient (Wildman–Crippen LogP) is -3.11. The molecule has 0 fully saturated rings. The van der Waals surface area contributed by atoms with Gasteiger partial charge < -0.3 is 23.1 Å². The Morgan fingerprint density at radius 3 is 2.43 bits per heavy atom. The molecule has 0 saturated heterocycles. The third-order valence-electron chi connectivity index (χ3n) is 0.662. The summed E-state index contributed by atoms with van der Waals surface area (Å²) < 4.78 is 0. The minimum absolute atomic E-state index is 0. The summed E-state index contributed by atoms with van der Waals surface area (Å²) in [6.45, 7) is 0. The number of aromatic amines is 1. The molecule has 0 aliphatic heterocycles. The van der Waals surface area contributed by atoms with Crippen molar-refractivity contribution < 1.29 is 18.1 Å². The van der Waals surface area contributed by atoms with E-state index in [2.05, 4.69) is 10.7 Å². The number of rotatable bonds is 0. The molecule has 0 aliphatic carbocycles. The average molecular weight is 119 g/mol. The molecule has 0 unspecified atom stereocenters. The van der Waals surface area contributed by atoms with Gasteiger partial charge in [0.1, 0.15) is 0 Å². The number of quaternary nitrogens is 1. The van der Waals surface area contributed by atoms with E-state index in [1.807, 2.05) is 18.3 Å². The van der Waals surface area contributed by atoms with Crippen LogP contribution in [0.15, 0.2) is 18.3 Å². The minimum Gasteiger partial charge on any atom is -1.00 e. The number of aromatic nitrogens is 1. The molecule has 0 amide bonds. The molecule has 0 saturated carbocycles. The number of hydrogen-bond donors (Lipinski definition) is 2. The first-order valence-electron chi connectivity index (χ1n) is 1.85. The molecule has 4 N–H and O–H groups in total. The first-order chi connectivity index (χ1) is 2.89. The van der Waals surface area contributed by atoms with Crippen LogP contribution in [-0.4, -0.2) is 4.98 Å². The number of hydrogen-bond acceptors (Lipinski definition) is 0. The molecule has 0 aliphatic rings. The first kappa shape index (κ1) is 6.53. The van der Waals surface area contributed by atoms with E-state index in [-0.39, 0.29) is 12.4 Å². The van der Waals surface area contributed by atoms with Crippen molar-refractivity contribution in [2.24, 2.45) is 0 Å². The smallest absolute Gasteiger partial charge is 0.200 e. The van der Waals surface area contributed by atoms with Crippen LogP contribution in [0.4, 0.5) is 5.82 Å². The molecular formula is C4H7ClN2. The van der Waals surface area contributed by atoms with Gasteiger partial charge in [-0.25, -0.2) is 0 Å². The SMILES string of the molecule is [Cl-].[NH3+]c1ccc[nH]1. The third kappa shape index (κ3) is 1.62. The van der Waals surface area contributed by atoms with Crippen molar-refractivity contribution in [2.45, 2.75) is 0 Å². The van der Waals surface area contributed by atoms with Crippen LogP contribution < -0.4 is 18.1 Å². The summed E-state index contributed by atoms with van der Waals surface area (Å²) in [4.78, 5) is 2.89. The fraction of sp³-hybridized carbons (Fsp3) is 0. The Morgan fingerprint density at radius 2 is 2.29 bits per heavy atom. The maximum absolute atomic E-state index is 3.62. The van der Waals surface area contributed by atoms with Gasteiger partial charge in [0.25, 0.3) is 0 Å². The highest BCUT2D eigenvalue weighted by Gasteiger charge is 1.78.